The summed E-state index contributed by atoms with van der Waals surface area (Å²) < 4.78 is 1.70. The lowest BCUT2D eigenvalue weighted by molar-refractivity contribution is 0.101. The molecule has 1 amide bonds. The summed E-state index contributed by atoms with van der Waals surface area (Å²) in [5, 5.41) is 2.86. The van der Waals surface area contributed by atoms with Gasteiger partial charge in [0, 0.05) is 43.9 Å². The van der Waals surface area contributed by atoms with Crippen molar-refractivity contribution in [2.45, 2.75) is 12.8 Å². The van der Waals surface area contributed by atoms with Crippen LogP contribution in [-0.4, -0.2) is 28.5 Å². The van der Waals surface area contributed by atoms with E-state index in [9.17, 15) is 4.79 Å². The van der Waals surface area contributed by atoms with Gasteiger partial charge in [-0.1, -0.05) is 0 Å². The van der Waals surface area contributed by atoms with E-state index >= 15 is 0 Å². The topological polar surface area (TPSA) is 50.2 Å². The first-order valence-corrected chi connectivity index (χ1v) is 6.88. The summed E-state index contributed by atoms with van der Waals surface area (Å²) in [6.45, 7) is 2.25. The van der Waals surface area contributed by atoms with Gasteiger partial charge in [-0.2, -0.15) is 0 Å². The summed E-state index contributed by atoms with van der Waals surface area (Å²) in [5.74, 6) is 0.222. The van der Waals surface area contributed by atoms with Gasteiger partial charge in [0.25, 0.3) is 5.91 Å². The Hall–Kier alpha value is -2.30. The van der Waals surface area contributed by atoms with E-state index in [4.69, 9.17) is 0 Å². The summed E-state index contributed by atoms with van der Waals surface area (Å²) in [6.07, 6.45) is 5.89. The summed E-state index contributed by atoms with van der Waals surface area (Å²) in [6, 6.07) is 7.99. The molecule has 1 aromatic carbocycles. The van der Waals surface area contributed by atoms with Gasteiger partial charge in [-0.05, 0) is 37.1 Å². The molecule has 0 atom stereocenters. The fraction of sp³-hybridized carbons (Fsp3) is 0.333. The highest BCUT2D eigenvalue weighted by Crippen LogP contribution is 2.22. The molecule has 1 N–H and O–H groups in total. The van der Waals surface area contributed by atoms with Gasteiger partial charge >= 0.3 is 0 Å². The molecular weight excluding hydrogens is 252 g/mol. The van der Waals surface area contributed by atoms with Crippen molar-refractivity contribution < 1.29 is 4.79 Å². The molecule has 20 heavy (non-hydrogen) atoms. The molecule has 104 valence electrons. The Balaban J connectivity index is 1.69. The van der Waals surface area contributed by atoms with Crippen LogP contribution in [0, 0.1) is 0 Å². The second-order valence-corrected chi connectivity index (χ2v) is 5.06. The Labute approximate surface area is 118 Å². The smallest absolute Gasteiger partial charge is 0.291 e. The van der Waals surface area contributed by atoms with Crippen LogP contribution in [0.3, 0.4) is 0 Å². The van der Waals surface area contributed by atoms with E-state index in [0.717, 1.165) is 18.8 Å². The van der Waals surface area contributed by atoms with Crippen LogP contribution in [0.4, 0.5) is 11.4 Å². The van der Waals surface area contributed by atoms with Gasteiger partial charge in [-0.15, -0.1) is 0 Å². The van der Waals surface area contributed by atoms with Gasteiger partial charge in [0.05, 0.1) is 0 Å². The third-order valence-corrected chi connectivity index (χ3v) is 3.62. The third kappa shape index (κ3) is 2.52. The second kappa shape index (κ2) is 5.36. The van der Waals surface area contributed by atoms with Crippen LogP contribution in [-0.2, 0) is 7.05 Å². The number of anilines is 2. The molecule has 1 aliphatic rings. The minimum absolute atomic E-state index is 0.188. The number of hydrogen-bond acceptors (Lipinski definition) is 3. The van der Waals surface area contributed by atoms with Crippen LogP contribution in [0.5, 0.6) is 0 Å². The predicted octanol–water partition coefficient (Wildman–Crippen LogP) is 2.27. The number of carbonyl (C=O) groups is 1. The Morgan fingerprint density at radius 3 is 2.50 bits per heavy atom. The highest BCUT2D eigenvalue weighted by atomic mass is 16.2. The molecule has 1 aromatic heterocycles. The zero-order valence-corrected chi connectivity index (χ0v) is 11.5. The Kier molecular flexibility index (Phi) is 3.41. The number of aryl methyl sites for hydroxylation is 1. The maximum atomic E-state index is 12.0. The quantitative estimate of drug-likeness (QED) is 0.931. The molecule has 2 aromatic rings. The lowest BCUT2D eigenvalue weighted by atomic mass is 10.2. The van der Waals surface area contributed by atoms with Crippen molar-refractivity contribution >= 4 is 17.3 Å². The number of aromatic nitrogens is 2. The number of carbonyl (C=O) groups excluding carboxylic acids is 1. The van der Waals surface area contributed by atoms with Gasteiger partial charge in [0.2, 0.25) is 0 Å². The highest BCUT2D eigenvalue weighted by molar-refractivity contribution is 6.01. The number of nitrogens with one attached hydrogen (secondary N) is 1. The number of benzene rings is 1. The van der Waals surface area contributed by atoms with Crippen LogP contribution >= 0.6 is 0 Å². The van der Waals surface area contributed by atoms with Crippen LogP contribution in [0.2, 0.25) is 0 Å². The number of nitrogens with zero attached hydrogens (tertiary/aromatic N) is 3. The van der Waals surface area contributed by atoms with Crippen molar-refractivity contribution in [1.29, 1.82) is 0 Å². The first kappa shape index (κ1) is 12.7. The number of imidazole rings is 1. The fourth-order valence-electron chi connectivity index (χ4n) is 2.50. The van der Waals surface area contributed by atoms with Crippen molar-refractivity contribution in [3.05, 3.63) is 42.5 Å². The molecule has 0 radical (unpaired) electrons. The van der Waals surface area contributed by atoms with E-state index in [1.807, 2.05) is 12.1 Å². The maximum absolute atomic E-state index is 12.0. The minimum atomic E-state index is -0.188. The normalized spacial score (nSPS) is 14.6. The molecule has 1 fully saturated rings. The van der Waals surface area contributed by atoms with E-state index in [1.54, 1.807) is 24.0 Å². The Morgan fingerprint density at radius 2 is 1.90 bits per heavy atom. The first-order valence-electron chi connectivity index (χ1n) is 6.88. The summed E-state index contributed by atoms with van der Waals surface area (Å²) in [4.78, 5) is 18.4. The van der Waals surface area contributed by atoms with Gasteiger partial charge in [0.15, 0.2) is 5.82 Å². The summed E-state index contributed by atoms with van der Waals surface area (Å²) >= 11 is 0. The van der Waals surface area contributed by atoms with Crippen molar-refractivity contribution in [2.75, 3.05) is 23.3 Å². The standard InChI is InChI=1S/C15H18N4O/c1-18-11-8-16-14(18)15(20)17-12-4-6-13(7-5-12)19-9-2-3-10-19/h4-8,11H,2-3,9-10H2,1H3,(H,17,20). The van der Waals surface area contributed by atoms with Gasteiger partial charge in [-0.25, -0.2) is 4.98 Å². The van der Waals surface area contributed by atoms with Gasteiger partial charge in [-0.3, -0.25) is 4.79 Å². The highest BCUT2D eigenvalue weighted by Gasteiger charge is 2.13. The van der Waals surface area contributed by atoms with E-state index in [2.05, 4.69) is 27.3 Å². The van der Waals surface area contributed by atoms with Crippen molar-refractivity contribution in [3.63, 3.8) is 0 Å². The zero-order valence-electron chi connectivity index (χ0n) is 11.5. The zero-order chi connectivity index (χ0) is 13.9. The van der Waals surface area contributed by atoms with Crippen LogP contribution in [0.1, 0.15) is 23.5 Å². The largest absolute Gasteiger partial charge is 0.372 e. The minimum Gasteiger partial charge on any atom is -0.372 e. The molecule has 0 unspecified atom stereocenters. The maximum Gasteiger partial charge on any atom is 0.291 e. The molecule has 1 aliphatic heterocycles. The van der Waals surface area contributed by atoms with Crippen molar-refractivity contribution in [3.8, 4) is 0 Å². The predicted molar refractivity (Wildman–Crippen MR) is 79.1 cm³/mol. The van der Waals surface area contributed by atoms with Crippen LogP contribution in [0.25, 0.3) is 0 Å². The number of rotatable bonds is 3. The third-order valence-electron chi connectivity index (χ3n) is 3.62. The fourth-order valence-corrected chi connectivity index (χ4v) is 2.50. The number of hydrogen-bond donors (Lipinski definition) is 1. The average molecular weight is 270 g/mol. The van der Waals surface area contributed by atoms with E-state index in [1.165, 1.54) is 18.5 Å². The van der Waals surface area contributed by atoms with Gasteiger partial charge in [0.1, 0.15) is 0 Å². The molecule has 5 nitrogen and oxygen atoms in total. The van der Waals surface area contributed by atoms with Crippen molar-refractivity contribution in [1.82, 2.24) is 9.55 Å². The lowest BCUT2D eigenvalue weighted by Gasteiger charge is -2.17. The first-order chi connectivity index (χ1) is 9.74. The average Bonchev–Trinajstić information content (AvgIpc) is 3.10. The molecule has 0 saturated carbocycles. The van der Waals surface area contributed by atoms with Crippen LogP contribution in [0.15, 0.2) is 36.7 Å². The molecule has 3 rings (SSSR count). The Bertz CT molecular complexity index is 597. The van der Waals surface area contributed by atoms with E-state index in [0.29, 0.717) is 5.82 Å². The molecule has 0 spiro atoms. The van der Waals surface area contributed by atoms with Gasteiger partial charge < -0.3 is 14.8 Å². The SMILES string of the molecule is Cn1ccnc1C(=O)Nc1ccc(N2CCCC2)cc1. The molecule has 2 heterocycles. The molecule has 5 heteroatoms. The summed E-state index contributed by atoms with van der Waals surface area (Å²) in [5.41, 5.74) is 2.01. The number of amides is 1. The lowest BCUT2D eigenvalue weighted by Crippen LogP contribution is -2.18. The molecule has 1 saturated heterocycles. The monoisotopic (exact) mass is 270 g/mol. The van der Waals surface area contributed by atoms with Crippen molar-refractivity contribution in [2.24, 2.45) is 7.05 Å². The second-order valence-electron chi connectivity index (χ2n) is 5.06. The van der Waals surface area contributed by atoms with E-state index < -0.39 is 0 Å². The Morgan fingerprint density at radius 1 is 1.20 bits per heavy atom. The van der Waals surface area contributed by atoms with E-state index in [-0.39, 0.29) is 5.91 Å². The molecular formula is C15H18N4O. The molecule has 0 bridgehead atoms. The van der Waals surface area contributed by atoms with Crippen LogP contribution < -0.4 is 10.2 Å². The molecule has 0 aliphatic carbocycles. The summed E-state index contributed by atoms with van der Waals surface area (Å²) in [7, 11) is 1.80.